The molecular weight excluding hydrogens is 236 g/mol. The van der Waals surface area contributed by atoms with E-state index in [2.05, 4.69) is 10.3 Å². The third-order valence-electron chi connectivity index (χ3n) is 3.06. The van der Waals surface area contributed by atoms with E-state index in [0.29, 0.717) is 12.8 Å². The van der Waals surface area contributed by atoms with E-state index in [0.717, 1.165) is 6.42 Å². The Bertz CT molecular complexity index is 520. The summed E-state index contributed by atoms with van der Waals surface area (Å²) in [5.41, 5.74) is -0.907. The molecule has 7 heteroatoms. The molecule has 7 nitrogen and oxygen atoms in total. The number of hydrogen-bond donors (Lipinski definition) is 2. The predicted molar refractivity (Wildman–Crippen MR) is 62.9 cm³/mol. The average molecular weight is 248 g/mol. The van der Waals surface area contributed by atoms with Crippen molar-refractivity contribution >= 4 is 11.5 Å². The number of nitrogens with one attached hydrogen (secondary N) is 1. The van der Waals surface area contributed by atoms with Crippen LogP contribution in [0.4, 0.5) is 11.5 Å². The number of hydrogen-bond acceptors (Lipinski definition) is 6. The first kappa shape index (κ1) is 12.3. The quantitative estimate of drug-likeness (QED) is 0.611. The number of anilines is 1. The van der Waals surface area contributed by atoms with Crippen LogP contribution in [0.5, 0.6) is 0 Å². The van der Waals surface area contributed by atoms with Crippen LogP contribution in [0.25, 0.3) is 0 Å². The molecule has 0 saturated heterocycles. The highest BCUT2D eigenvalue weighted by atomic mass is 16.6. The number of nitro groups is 1. The summed E-state index contributed by atoms with van der Waals surface area (Å²) in [6.45, 7) is 0.229. The van der Waals surface area contributed by atoms with Crippen molar-refractivity contribution in [2.24, 2.45) is 0 Å². The summed E-state index contributed by atoms with van der Waals surface area (Å²) >= 11 is 0. The third kappa shape index (κ3) is 2.38. The zero-order chi connectivity index (χ0) is 13.2. The summed E-state index contributed by atoms with van der Waals surface area (Å²) in [6.07, 6.45) is 3.59. The first-order valence-corrected chi connectivity index (χ1v) is 5.55. The first-order chi connectivity index (χ1) is 8.54. The van der Waals surface area contributed by atoms with Crippen molar-refractivity contribution in [1.29, 1.82) is 5.26 Å². The summed E-state index contributed by atoms with van der Waals surface area (Å²) in [4.78, 5) is 14.1. The maximum Gasteiger partial charge on any atom is 0.312 e. The van der Waals surface area contributed by atoms with Gasteiger partial charge in [-0.3, -0.25) is 10.1 Å². The minimum absolute atomic E-state index is 0.0827. The fourth-order valence-electron chi connectivity index (χ4n) is 1.80. The zero-order valence-corrected chi connectivity index (χ0v) is 9.59. The smallest absolute Gasteiger partial charge is 0.312 e. The Kier molecular flexibility index (Phi) is 3.12. The minimum atomic E-state index is -0.788. The van der Waals surface area contributed by atoms with E-state index in [1.54, 1.807) is 6.07 Å². The molecule has 1 fully saturated rings. The van der Waals surface area contributed by atoms with Gasteiger partial charge in [0.05, 0.1) is 16.1 Å². The molecule has 1 heterocycles. The molecule has 18 heavy (non-hydrogen) atoms. The van der Waals surface area contributed by atoms with E-state index < -0.39 is 10.5 Å². The molecule has 0 bridgehead atoms. The monoisotopic (exact) mass is 248 g/mol. The van der Waals surface area contributed by atoms with Crippen LogP contribution in [-0.2, 0) is 0 Å². The Labute approximate surface area is 103 Å². The molecule has 1 aliphatic rings. The standard InChI is InChI=1S/C11H12N4O3/c12-5-8-4-9(15(17)18)10(13-6-8)14-7-11(16)2-1-3-11/h4,6,16H,1-3,7H2,(H,13,14). The van der Waals surface area contributed by atoms with Crippen LogP contribution in [0.2, 0.25) is 0 Å². The molecular formula is C11H12N4O3. The Balaban J connectivity index is 2.16. The maximum absolute atomic E-state index is 10.9. The molecule has 0 amide bonds. The third-order valence-corrected chi connectivity index (χ3v) is 3.06. The summed E-state index contributed by atoms with van der Waals surface area (Å²) in [5.74, 6) is 0.0827. The van der Waals surface area contributed by atoms with Crippen molar-refractivity contribution in [3.05, 3.63) is 27.9 Å². The second-order valence-corrected chi connectivity index (χ2v) is 4.39. The van der Waals surface area contributed by atoms with Crippen molar-refractivity contribution in [2.45, 2.75) is 24.9 Å². The van der Waals surface area contributed by atoms with E-state index in [9.17, 15) is 15.2 Å². The molecule has 0 spiro atoms. The highest BCUT2D eigenvalue weighted by molar-refractivity contribution is 5.58. The highest BCUT2D eigenvalue weighted by Gasteiger charge is 2.34. The zero-order valence-electron chi connectivity index (χ0n) is 9.59. The minimum Gasteiger partial charge on any atom is -0.388 e. The topological polar surface area (TPSA) is 112 Å². The van der Waals surface area contributed by atoms with Crippen LogP contribution >= 0.6 is 0 Å². The Morgan fingerprint density at radius 3 is 2.89 bits per heavy atom. The van der Waals surface area contributed by atoms with Gasteiger partial charge in [-0.05, 0) is 19.3 Å². The van der Waals surface area contributed by atoms with E-state index in [1.165, 1.54) is 12.3 Å². The summed E-state index contributed by atoms with van der Waals surface area (Å²) in [5, 5.41) is 32.2. The van der Waals surface area contributed by atoms with Crippen LogP contribution in [0, 0.1) is 21.4 Å². The van der Waals surface area contributed by atoms with Gasteiger partial charge in [-0.25, -0.2) is 4.98 Å². The van der Waals surface area contributed by atoms with Crippen molar-refractivity contribution in [3.63, 3.8) is 0 Å². The van der Waals surface area contributed by atoms with Crippen molar-refractivity contribution in [3.8, 4) is 6.07 Å². The molecule has 0 aliphatic heterocycles. The van der Waals surface area contributed by atoms with Crippen molar-refractivity contribution in [1.82, 2.24) is 4.98 Å². The number of nitriles is 1. The summed E-state index contributed by atoms with van der Waals surface area (Å²) < 4.78 is 0. The SMILES string of the molecule is N#Cc1cnc(NCC2(O)CCC2)c([N+](=O)[O-])c1. The van der Waals surface area contributed by atoms with Gasteiger partial charge >= 0.3 is 5.69 Å². The van der Waals surface area contributed by atoms with Gasteiger partial charge in [-0.1, -0.05) is 0 Å². The molecule has 94 valence electrons. The Morgan fingerprint density at radius 1 is 1.67 bits per heavy atom. The van der Waals surface area contributed by atoms with Crippen LogP contribution in [0.15, 0.2) is 12.3 Å². The fourth-order valence-corrected chi connectivity index (χ4v) is 1.80. The number of pyridine rings is 1. The van der Waals surface area contributed by atoms with Gasteiger partial charge in [-0.15, -0.1) is 0 Å². The molecule has 2 rings (SSSR count). The normalized spacial score (nSPS) is 16.4. The number of aromatic nitrogens is 1. The second kappa shape index (κ2) is 4.58. The van der Waals surface area contributed by atoms with Gasteiger partial charge in [0.25, 0.3) is 0 Å². The molecule has 1 aromatic rings. The first-order valence-electron chi connectivity index (χ1n) is 5.55. The molecule has 2 N–H and O–H groups in total. The predicted octanol–water partition coefficient (Wildman–Crippen LogP) is 1.19. The van der Waals surface area contributed by atoms with Crippen LogP contribution in [-0.4, -0.2) is 27.2 Å². The molecule has 0 unspecified atom stereocenters. The number of aliphatic hydroxyl groups is 1. The van der Waals surface area contributed by atoms with Gasteiger partial charge in [0.2, 0.25) is 5.82 Å². The van der Waals surface area contributed by atoms with E-state index in [4.69, 9.17) is 5.26 Å². The highest BCUT2D eigenvalue weighted by Crippen LogP contribution is 2.32. The van der Waals surface area contributed by atoms with Crippen molar-refractivity contribution in [2.75, 3.05) is 11.9 Å². The fraction of sp³-hybridized carbons (Fsp3) is 0.455. The largest absolute Gasteiger partial charge is 0.388 e. The molecule has 1 aromatic heterocycles. The number of nitrogens with zero attached hydrogens (tertiary/aromatic N) is 3. The summed E-state index contributed by atoms with van der Waals surface area (Å²) in [6, 6.07) is 2.97. The lowest BCUT2D eigenvalue weighted by atomic mass is 9.80. The molecule has 0 atom stereocenters. The lowest BCUT2D eigenvalue weighted by Crippen LogP contribution is -2.43. The molecule has 1 aliphatic carbocycles. The Hall–Kier alpha value is -2.20. The van der Waals surface area contributed by atoms with E-state index >= 15 is 0 Å². The van der Waals surface area contributed by atoms with Gasteiger partial charge in [0.1, 0.15) is 6.07 Å². The van der Waals surface area contributed by atoms with Gasteiger partial charge < -0.3 is 10.4 Å². The van der Waals surface area contributed by atoms with E-state index in [1.807, 2.05) is 0 Å². The number of rotatable bonds is 4. The van der Waals surface area contributed by atoms with Gasteiger partial charge in [-0.2, -0.15) is 5.26 Å². The summed E-state index contributed by atoms with van der Waals surface area (Å²) in [7, 11) is 0. The van der Waals surface area contributed by atoms with Crippen LogP contribution < -0.4 is 5.32 Å². The molecule has 1 saturated carbocycles. The van der Waals surface area contributed by atoms with Gasteiger partial charge in [0, 0.05) is 18.8 Å². The maximum atomic E-state index is 10.9. The molecule has 0 aromatic carbocycles. The average Bonchev–Trinajstić information content (AvgIpc) is 2.33. The lowest BCUT2D eigenvalue weighted by Gasteiger charge is -2.36. The Morgan fingerprint density at radius 2 is 2.39 bits per heavy atom. The van der Waals surface area contributed by atoms with E-state index in [-0.39, 0.29) is 23.6 Å². The van der Waals surface area contributed by atoms with Crippen LogP contribution in [0.3, 0.4) is 0 Å². The van der Waals surface area contributed by atoms with Crippen molar-refractivity contribution < 1.29 is 10.0 Å². The van der Waals surface area contributed by atoms with Crippen LogP contribution in [0.1, 0.15) is 24.8 Å². The second-order valence-electron chi connectivity index (χ2n) is 4.39. The molecule has 0 radical (unpaired) electrons. The lowest BCUT2D eigenvalue weighted by molar-refractivity contribution is -0.384. The van der Waals surface area contributed by atoms with Gasteiger partial charge in [0.15, 0.2) is 0 Å².